The van der Waals surface area contributed by atoms with Crippen LogP contribution in [-0.4, -0.2) is 55.6 Å². The fraction of sp³-hybridized carbons (Fsp3) is 0.800. The average molecular weight is 293 g/mol. The van der Waals surface area contributed by atoms with Crippen LogP contribution in [0, 0.1) is 0 Å². The number of nitrogens with zero attached hydrogens (tertiary/aromatic N) is 2. The molecule has 2 rings (SSSR count). The van der Waals surface area contributed by atoms with Crippen LogP contribution in [0.1, 0.15) is 40.5 Å². The third-order valence-corrected chi connectivity index (χ3v) is 4.84. The molecular weight excluding hydrogens is 265 g/mol. The van der Waals surface area contributed by atoms with E-state index in [1.54, 1.807) is 6.20 Å². The Balaban J connectivity index is 1.99. The number of hydrogen-bond acceptors (Lipinski definition) is 5. The van der Waals surface area contributed by atoms with E-state index in [1.165, 1.54) is 0 Å². The van der Waals surface area contributed by atoms with Gasteiger partial charge in [-0.25, -0.2) is 0 Å². The summed E-state index contributed by atoms with van der Waals surface area (Å²) < 4.78 is 12.0. The van der Waals surface area contributed by atoms with Crippen LogP contribution < -0.4 is 5.73 Å². The summed E-state index contributed by atoms with van der Waals surface area (Å²) in [5.41, 5.74) is 5.84. The normalized spacial score (nSPS) is 27.7. The Morgan fingerprint density at radius 3 is 2.19 bits per heavy atom. The molecular formula is C15H28BN3O2. The van der Waals surface area contributed by atoms with Crippen LogP contribution in [0.25, 0.3) is 0 Å². The number of hydrogen-bond donors (Lipinski definition) is 1. The largest absolute Gasteiger partial charge is 0.497 e. The Morgan fingerprint density at radius 2 is 1.71 bits per heavy atom. The lowest BCUT2D eigenvalue weighted by Crippen LogP contribution is -2.41. The summed E-state index contributed by atoms with van der Waals surface area (Å²) >= 11 is 0. The highest BCUT2D eigenvalue weighted by atomic mass is 16.7. The van der Waals surface area contributed by atoms with Gasteiger partial charge >= 0.3 is 7.12 Å². The van der Waals surface area contributed by atoms with Crippen molar-refractivity contribution in [3.05, 3.63) is 11.7 Å². The van der Waals surface area contributed by atoms with Gasteiger partial charge in [-0.3, -0.25) is 4.99 Å². The molecule has 2 saturated heterocycles. The van der Waals surface area contributed by atoms with Crippen molar-refractivity contribution in [2.75, 3.05) is 20.1 Å². The van der Waals surface area contributed by atoms with Crippen LogP contribution in [0.3, 0.4) is 0 Å². The van der Waals surface area contributed by atoms with E-state index in [1.807, 2.05) is 33.9 Å². The molecule has 0 bridgehead atoms. The number of nitrogens with two attached hydrogens (primary N) is 1. The highest BCUT2D eigenvalue weighted by molar-refractivity contribution is 6.60. The molecule has 0 amide bonds. The number of likely N-dealkylation sites (tertiary alicyclic amines) is 1. The van der Waals surface area contributed by atoms with E-state index in [0.717, 1.165) is 31.4 Å². The van der Waals surface area contributed by atoms with Crippen molar-refractivity contribution in [1.82, 2.24) is 4.90 Å². The maximum atomic E-state index is 6.00. The zero-order chi connectivity index (χ0) is 15.7. The Morgan fingerprint density at radius 1 is 1.19 bits per heavy atom. The second-order valence-corrected chi connectivity index (χ2v) is 7.07. The zero-order valence-corrected chi connectivity index (χ0v) is 13.9. The van der Waals surface area contributed by atoms with E-state index < -0.39 is 7.12 Å². The quantitative estimate of drug-likeness (QED) is 0.634. The van der Waals surface area contributed by atoms with Gasteiger partial charge in [0, 0.05) is 11.7 Å². The highest BCUT2D eigenvalue weighted by Crippen LogP contribution is 2.38. The minimum Gasteiger partial charge on any atom is -0.405 e. The molecule has 0 aliphatic carbocycles. The van der Waals surface area contributed by atoms with Gasteiger partial charge in [-0.15, -0.1) is 0 Å². The number of allylic oxidation sites excluding steroid dienone is 1. The second kappa shape index (κ2) is 6.11. The predicted molar refractivity (Wildman–Crippen MR) is 87.4 cm³/mol. The highest BCUT2D eigenvalue weighted by Gasteiger charge is 2.52. The van der Waals surface area contributed by atoms with Crippen LogP contribution in [0.2, 0.25) is 0 Å². The van der Waals surface area contributed by atoms with E-state index in [0.29, 0.717) is 6.04 Å². The van der Waals surface area contributed by atoms with E-state index in [9.17, 15) is 0 Å². The summed E-state index contributed by atoms with van der Waals surface area (Å²) in [6, 6.07) is 0.374. The molecule has 2 heterocycles. The van der Waals surface area contributed by atoms with Gasteiger partial charge in [-0.2, -0.15) is 0 Å². The van der Waals surface area contributed by atoms with Crippen LogP contribution in [0.4, 0.5) is 0 Å². The minimum absolute atomic E-state index is 0.354. The molecule has 0 spiro atoms. The Kier molecular flexibility index (Phi) is 4.80. The molecule has 0 unspecified atom stereocenters. The van der Waals surface area contributed by atoms with Crippen molar-refractivity contribution in [3.63, 3.8) is 0 Å². The lowest BCUT2D eigenvalue weighted by Gasteiger charge is -2.32. The van der Waals surface area contributed by atoms with Crippen molar-refractivity contribution in [2.24, 2.45) is 10.7 Å². The summed E-state index contributed by atoms with van der Waals surface area (Å²) in [4.78, 5) is 7.00. The molecule has 0 aromatic carbocycles. The summed E-state index contributed by atoms with van der Waals surface area (Å²) in [5.74, 6) is 0. The molecule has 0 saturated carbocycles. The lowest BCUT2D eigenvalue weighted by atomic mass is 9.79. The third kappa shape index (κ3) is 3.68. The van der Waals surface area contributed by atoms with Crippen molar-refractivity contribution in [1.29, 1.82) is 0 Å². The van der Waals surface area contributed by atoms with Gasteiger partial charge in [0.25, 0.3) is 0 Å². The molecule has 0 atom stereocenters. The standard InChI is InChI=1S/C15H28BN3O2/c1-14(2)15(3,4)21-16(20-14)12(10-17)11-18-13-6-8-19(5)9-7-13/h10-11,13H,6-9,17H2,1-5H3. The van der Waals surface area contributed by atoms with Gasteiger partial charge in [-0.1, -0.05) is 0 Å². The molecule has 118 valence electrons. The van der Waals surface area contributed by atoms with E-state index in [2.05, 4.69) is 16.9 Å². The summed E-state index contributed by atoms with van der Waals surface area (Å²) in [6.07, 6.45) is 5.56. The first kappa shape index (κ1) is 16.5. The molecule has 2 N–H and O–H groups in total. The monoisotopic (exact) mass is 293 g/mol. The molecule has 2 aliphatic rings. The maximum Gasteiger partial charge on any atom is 0.497 e. The predicted octanol–water partition coefficient (Wildman–Crippen LogP) is 1.63. The minimum atomic E-state index is -0.435. The lowest BCUT2D eigenvalue weighted by molar-refractivity contribution is 0.00578. The van der Waals surface area contributed by atoms with E-state index >= 15 is 0 Å². The van der Waals surface area contributed by atoms with Gasteiger partial charge in [0.1, 0.15) is 0 Å². The molecule has 0 aromatic heterocycles. The topological polar surface area (TPSA) is 60.1 Å². The van der Waals surface area contributed by atoms with Gasteiger partial charge in [-0.05, 0) is 66.9 Å². The van der Waals surface area contributed by atoms with E-state index in [-0.39, 0.29) is 11.2 Å². The van der Waals surface area contributed by atoms with Crippen LogP contribution in [0.5, 0.6) is 0 Å². The molecule has 0 radical (unpaired) electrons. The SMILES string of the molecule is CN1CCC(N=CC(=CN)B2OC(C)(C)C(C)(C)O2)CC1. The fourth-order valence-corrected chi connectivity index (χ4v) is 2.50. The van der Waals surface area contributed by atoms with Crippen LogP contribution >= 0.6 is 0 Å². The van der Waals surface area contributed by atoms with Crippen LogP contribution in [-0.2, 0) is 9.31 Å². The zero-order valence-electron chi connectivity index (χ0n) is 13.9. The number of rotatable bonds is 3. The Hall–Kier alpha value is -0.845. The summed E-state index contributed by atoms with van der Waals surface area (Å²) in [7, 11) is 1.71. The number of aliphatic imine (C=N–C) groups is 1. The Labute approximate surface area is 128 Å². The third-order valence-electron chi connectivity index (χ3n) is 4.84. The number of piperidine rings is 1. The molecule has 0 aromatic rings. The van der Waals surface area contributed by atoms with Gasteiger partial charge < -0.3 is 19.9 Å². The Bertz CT molecular complexity index is 411. The van der Waals surface area contributed by atoms with Crippen molar-refractivity contribution in [3.8, 4) is 0 Å². The fourth-order valence-electron chi connectivity index (χ4n) is 2.50. The van der Waals surface area contributed by atoms with Crippen LogP contribution in [0.15, 0.2) is 16.7 Å². The molecule has 21 heavy (non-hydrogen) atoms. The second-order valence-electron chi connectivity index (χ2n) is 7.07. The average Bonchev–Trinajstić information content (AvgIpc) is 2.61. The van der Waals surface area contributed by atoms with Crippen molar-refractivity contribution in [2.45, 2.75) is 57.8 Å². The van der Waals surface area contributed by atoms with Crippen molar-refractivity contribution >= 4 is 13.3 Å². The van der Waals surface area contributed by atoms with Crippen molar-refractivity contribution < 1.29 is 9.31 Å². The molecule has 5 nitrogen and oxygen atoms in total. The maximum absolute atomic E-state index is 6.00. The van der Waals surface area contributed by atoms with Gasteiger partial charge in [0.05, 0.1) is 17.2 Å². The molecule has 2 fully saturated rings. The summed E-state index contributed by atoms with van der Waals surface area (Å²) in [6.45, 7) is 10.3. The molecule has 6 heteroatoms. The first-order chi connectivity index (χ1) is 9.75. The summed E-state index contributed by atoms with van der Waals surface area (Å²) in [5, 5.41) is 0. The van der Waals surface area contributed by atoms with Gasteiger partial charge in [0.2, 0.25) is 0 Å². The van der Waals surface area contributed by atoms with E-state index in [4.69, 9.17) is 15.0 Å². The van der Waals surface area contributed by atoms with Gasteiger partial charge in [0.15, 0.2) is 0 Å². The first-order valence-electron chi connectivity index (χ1n) is 7.74. The smallest absolute Gasteiger partial charge is 0.405 e. The first-order valence-corrected chi connectivity index (χ1v) is 7.74. The molecule has 2 aliphatic heterocycles.